The van der Waals surface area contributed by atoms with E-state index in [0.29, 0.717) is 0 Å². The fourth-order valence-electron chi connectivity index (χ4n) is 1.93. The zero-order valence-electron chi connectivity index (χ0n) is 10.1. The van der Waals surface area contributed by atoms with Crippen molar-refractivity contribution in [3.8, 4) is 0 Å². The second-order valence-electron chi connectivity index (χ2n) is 4.26. The van der Waals surface area contributed by atoms with Gasteiger partial charge in [0.05, 0.1) is 0 Å². The molecule has 0 amide bonds. The Morgan fingerprint density at radius 2 is 1.59 bits per heavy atom. The molecule has 2 rings (SSSR count). The zero-order chi connectivity index (χ0) is 12.3. The highest BCUT2D eigenvalue weighted by Crippen LogP contribution is 2.21. The molecule has 0 heterocycles. The number of rotatable bonds is 3. The van der Waals surface area contributed by atoms with Crippen molar-refractivity contribution < 1.29 is 0 Å². The van der Waals surface area contributed by atoms with Crippen LogP contribution in [0, 0.1) is 0 Å². The number of nitrogen functional groups attached to an aromatic ring is 2. The third kappa shape index (κ3) is 2.59. The Morgan fingerprint density at radius 1 is 0.882 bits per heavy atom. The summed E-state index contributed by atoms with van der Waals surface area (Å²) in [5.41, 5.74) is 17.2. The number of nitrogens with two attached hydrogens (primary N) is 2. The average molecular weight is 226 g/mol. The molecule has 0 fully saturated rings. The second kappa shape index (κ2) is 4.91. The number of anilines is 2. The molecule has 0 spiro atoms. The van der Waals surface area contributed by atoms with E-state index in [2.05, 4.69) is 19.1 Å². The summed E-state index contributed by atoms with van der Waals surface area (Å²) in [7, 11) is 0. The maximum absolute atomic E-state index is 6.00. The largest absolute Gasteiger partial charge is 0.398 e. The molecule has 2 heteroatoms. The maximum Gasteiger partial charge on any atom is 0.0350 e. The minimum absolute atomic E-state index is 0.798. The molecule has 0 atom stereocenters. The van der Waals surface area contributed by atoms with E-state index < -0.39 is 0 Å². The van der Waals surface area contributed by atoms with Gasteiger partial charge in [-0.1, -0.05) is 37.3 Å². The number of aryl methyl sites for hydroxylation is 1. The monoisotopic (exact) mass is 226 g/mol. The molecule has 0 unspecified atom stereocenters. The van der Waals surface area contributed by atoms with Crippen LogP contribution in [-0.2, 0) is 12.8 Å². The molecule has 0 saturated carbocycles. The lowest BCUT2D eigenvalue weighted by atomic mass is 9.99. The van der Waals surface area contributed by atoms with Gasteiger partial charge in [-0.15, -0.1) is 0 Å². The van der Waals surface area contributed by atoms with Gasteiger partial charge in [0.1, 0.15) is 0 Å². The van der Waals surface area contributed by atoms with E-state index in [-0.39, 0.29) is 0 Å². The number of hydrogen-bond acceptors (Lipinski definition) is 2. The molecular weight excluding hydrogens is 208 g/mol. The van der Waals surface area contributed by atoms with E-state index in [0.717, 1.165) is 35.3 Å². The molecule has 0 saturated heterocycles. The molecule has 88 valence electrons. The Balaban J connectivity index is 2.32. The number of para-hydroxylation sites is 1. The van der Waals surface area contributed by atoms with Crippen LogP contribution in [0.25, 0.3) is 0 Å². The van der Waals surface area contributed by atoms with Gasteiger partial charge in [-0.05, 0) is 35.2 Å². The summed E-state index contributed by atoms with van der Waals surface area (Å²) in [4.78, 5) is 0. The molecule has 17 heavy (non-hydrogen) atoms. The summed E-state index contributed by atoms with van der Waals surface area (Å²) < 4.78 is 0. The summed E-state index contributed by atoms with van der Waals surface area (Å²) in [5.74, 6) is 0. The van der Waals surface area contributed by atoms with Crippen molar-refractivity contribution in [3.05, 3.63) is 59.2 Å². The van der Waals surface area contributed by atoms with Crippen LogP contribution in [0.2, 0.25) is 0 Å². The van der Waals surface area contributed by atoms with Gasteiger partial charge in [-0.2, -0.15) is 0 Å². The lowest BCUT2D eigenvalue weighted by Gasteiger charge is -2.09. The zero-order valence-corrected chi connectivity index (χ0v) is 10.1. The Bertz CT molecular complexity index is 518. The van der Waals surface area contributed by atoms with Crippen LogP contribution >= 0.6 is 0 Å². The first-order valence-corrected chi connectivity index (χ1v) is 5.91. The molecule has 2 aromatic carbocycles. The SMILES string of the molecule is CCc1ccc(N)c(Cc2ccccc2N)c1. The topological polar surface area (TPSA) is 52.0 Å². The Hall–Kier alpha value is -1.96. The molecule has 0 aliphatic heterocycles. The van der Waals surface area contributed by atoms with E-state index in [9.17, 15) is 0 Å². The van der Waals surface area contributed by atoms with Gasteiger partial charge in [-0.25, -0.2) is 0 Å². The van der Waals surface area contributed by atoms with Crippen LogP contribution in [0.15, 0.2) is 42.5 Å². The highest BCUT2D eigenvalue weighted by atomic mass is 14.6. The highest BCUT2D eigenvalue weighted by Gasteiger charge is 2.04. The van der Waals surface area contributed by atoms with Crippen LogP contribution in [0.3, 0.4) is 0 Å². The van der Waals surface area contributed by atoms with Crippen molar-refractivity contribution >= 4 is 11.4 Å². The van der Waals surface area contributed by atoms with Crippen molar-refractivity contribution in [3.63, 3.8) is 0 Å². The first-order valence-electron chi connectivity index (χ1n) is 5.91. The van der Waals surface area contributed by atoms with Gasteiger partial charge < -0.3 is 11.5 Å². The molecule has 0 aliphatic carbocycles. The van der Waals surface area contributed by atoms with Crippen LogP contribution < -0.4 is 11.5 Å². The van der Waals surface area contributed by atoms with E-state index >= 15 is 0 Å². The second-order valence-corrected chi connectivity index (χ2v) is 4.26. The fraction of sp³-hybridized carbons (Fsp3) is 0.200. The van der Waals surface area contributed by atoms with Crippen molar-refractivity contribution in [1.29, 1.82) is 0 Å². The van der Waals surface area contributed by atoms with Gasteiger partial charge in [-0.3, -0.25) is 0 Å². The van der Waals surface area contributed by atoms with Crippen LogP contribution in [-0.4, -0.2) is 0 Å². The number of hydrogen-bond donors (Lipinski definition) is 2. The predicted molar refractivity (Wildman–Crippen MR) is 73.9 cm³/mol. The lowest BCUT2D eigenvalue weighted by molar-refractivity contribution is 1.11. The molecule has 0 radical (unpaired) electrons. The molecule has 0 aromatic heterocycles. The Morgan fingerprint density at radius 3 is 2.29 bits per heavy atom. The van der Waals surface area contributed by atoms with E-state index in [4.69, 9.17) is 11.5 Å². The molecular formula is C15H18N2. The number of benzene rings is 2. The third-order valence-corrected chi connectivity index (χ3v) is 3.05. The molecule has 2 nitrogen and oxygen atoms in total. The quantitative estimate of drug-likeness (QED) is 0.790. The first kappa shape index (κ1) is 11.5. The fourth-order valence-corrected chi connectivity index (χ4v) is 1.93. The van der Waals surface area contributed by atoms with Gasteiger partial charge in [0.2, 0.25) is 0 Å². The van der Waals surface area contributed by atoms with Gasteiger partial charge >= 0.3 is 0 Å². The maximum atomic E-state index is 6.00. The van der Waals surface area contributed by atoms with E-state index in [1.165, 1.54) is 5.56 Å². The molecule has 0 aliphatic rings. The standard InChI is InChI=1S/C15H18N2/c1-2-11-7-8-15(17)13(9-11)10-12-5-3-4-6-14(12)16/h3-9H,2,10,16-17H2,1H3. The molecule has 4 N–H and O–H groups in total. The summed E-state index contributed by atoms with van der Waals surface area (Å²) in [6.07, 6.45) is 1.82. The highest BCUT2D eigenvalue weighted by molar-refractivity contribution is 5.55. The summed E-state index contributed by atoms with van der Waals surface area (Å²) in [6.45, 7) is 2.15. The summed E-state index contributed by atoms with van der Waals surface area (Å²) in [5, 5.41) is 0. The van der Waals surface area contributed by atoms with Crippen molar-refractivity contribution in [2.45, 2.75) is 19.8 Å². The normalized spacial score (nSPS) is 10.4. The van der Waals surface area contributed by atoms with Crippen molar-refractivity contribution in [2.75, 3.05) is 11.5 Å². The average Bonchev–Trinajstić information content (AvgIpc) is 2.35. The minimum Gasteiger partial charge on any atom is -0.398 e. The van der Waals surface area contributed by atoms with Crippen molar-refractivity contribution in [2.24, 2.45) is 0 Å². The molecule has 2 aromatic rings. The minimum atomic E-state index is 0.798. The van der Waals surface area contributed by atoms with Crippen LogP contribution in [0.4, 0.5) is 11.4 Å². The Kier molecular flexibility index (Phi) is 3.33. The molecule has 0 bridgehead atoms. The van der Waals surface area contributed by atoms with Crippen LogP contribution in [0.1, 0.15) is 23.6 Å². The van der Waals surface area contributed by atoms with Gasteiger partial charge in [0.15, 0.2) is 0 Å². The smallest absolute Gasteiger partial charge is 0.0350 e. The van der Waals surface area contributed by atoms with Crippen molar-refractivity contribution in [1.82, 2.24) is 0 Å². The van der Waals surface area contributed by atoms with Crippen LogP contribution in [0.5, 0.6) is 0 Å². The van der Waals surface area contributed by atoms with Gasteiger partial charge in [0, 0.05) is 17.8 Å². The summed E-state index contributed by atoms with van der Waals surface area (Å²) >= 11 is 0. The van der Waals surface area contributed by atoms with E-state index in [1.807, 2.05) is 30.3 Å². The Labute approximate surface area is 102 Å². The first-order chi connectivity index (χ1) is 8.20. The lowest BCUT2D eigenvalue weighted by Crippen LogP contribution is -2.00. The predicted octanol–water partition coefficient (Wildman–Crippen LogP) is 3.00. The summed E-state index contributed by atoms with van der Waals surface area (Å²) in [6, 6.07) is 14.2. The third-order valence-electron chi connectivity index (χ3n) is 3.05. The van der Waals surface area contributed by atoms with E-state index in [1.54, 1.807) is 0 Å². The van der Waals surface area contributed by atoms with Gasteiger partial charge in [0.25, 0.3) is 0 Å².